The first-order chi connectivity index (χ1) is 12.0. The van der Waals surface area contributed by atoms with Gasteiger partial charge in [-0.3, -0.25) is 10.1 Å². The van der Waals surface area contributed by atoms with Crippen molar-refractivity contribution < 1.29 is 15.1 Å². The van der Waals surface area contributed by atoms with Crippen molar-refractivity contribution in [1.82, 2.24) is 0 Å². The Morgan fingerprint density at radius 2 is 1.28 bits per heavy atom. The van der Waals surface area contributed by atoms with Crippen LogP contribution in [-0.4, -0.2) is 15.1 Å². The maximum Gasteiger partial charge on any atom is 0.269 e. The fraction of sp³-hybridized carbons (Fsp3) is 0.158. The molecule has 128 valence electrons. The number of hydrogen-bond donors (Lipinski definition) is 2. The summed E-state index contributed by atoms with van der Waals surface area (Å²) in [5.41, 5.74) is 2.47. The number of thiophene rings is 1. The Morgan fingerprint density at radius 3 is 1.72 bits per heavy atom. The molecule has 0 aliphatic rings. The molecule has 0 fully saturated rings. The Labute approximate surface area is 149 Å². The van der Waals surface area contributed by atoms with E-state index in [0.717, 1.165) is 16.0 Å². The molecule has 2 aromatic carbocycles. The number of aliphatic hydroxyl groups excluding tert-OH is 2. The summed E-state index contributed by atoms with van der Waals surface area (Å²) >= 11 is 1.32. The zero-order valence-corrected chi connectivity index (χ0v) is 14.3. The Kier molecular flexibility index (Phi) is 4.94. The maximum atomic E-state index is 10.7. The van der Waals surface area contributed by atoms with Gasteiger partial charge in [0, 0.05) is 21.9 Å². The van der Waals surface area contributed by atoms with Gasteiger partial charge in [-0.2, -0.15) is 0 Å². The summed E-state index contributed by atoms with van der Waals surface area (Å²) < 4.78 is 0. The summed E-state index contributed by atoms with van der Waals surface area (Å²) in [4.78, 5) is 11.6. The second-order valence-corrected chi connectivity index (χ2v) is 6.95. The van der Waals surface area contributed by atoms with E-state index in [4.69, 9.17) is 0 Å². The van der Waals surface area contributed by atoms with Gasteiger partial charge >= 0.3 is 0 Å². The predicted molar refractivity (Wildman–Crippen MR) is 96.7 cm³/mol. The first kappa shape index (κ1) is 17.3. The molecule has 2 unspecified atom stereocenters. The molecular weight excluding hydrogens is 338 g/mol. The van der Waals surface area contributed by atoms with Crippen LogP contribution in [-0.2, 0) is 0 Å². The minimum Gasteiger partial charge on any atom is -0.383 e. The lowest BCUT2D eigenvalue weighted by Gasteiger charge is -2.10. The highest BCUT2D eigenvalue weighted by Gasteiger charge is 2.18. The van der Waals surface area contributed by atoms with Crippen LogP contribution in [0.1, 0.15) is 38.7 Å². The van der Waals surface area contributed by atoms with Crippen LogP contribution in [0.5, 0.6) is 0 Å². The smallest absolute Gasteiger partial charge is 0.269 e. The molecule has 1 heterocycles. The topological polar surface area (TPSA) is 83.6 Å². The van der Waals surface area contributed by atoms with Crippen molar-refractivity contribution in [1.29, 1.82) is 0 Å². The molecule has 0 aliphatic heterocycles. The minimum atomic E-state index is -0.884. The summed E-state index contributed by atoms with van der Waals surface area (Å²) in [5, 5.41) is 31.7. The van der Waals surface area contributed by atoms with Gasteiger partial charge in [-0.25, -0.2) is 0 Å². The van der Waals surface area contributed by atoms with Gasteiger partial charge in [0.25, 0.3) is 5.69 Å². The van der Waals surface area contributed by atoms with Gasteiger partial charge in [-0.05, 0) is 42.3 Å². The molecule has 1 aromatic heterocycles. The van der Waals surface area contributed by atoms with Crippen LogP contribution in [0.3, 0.4) is 0 Å². The van der Waals surface area contributed by atoms with Gasteiger partial charge in [0.15, 0.2) is 0 Å². The molecule has 5 nitrogen and oxygen atoms in total. The summed E-state index contributed by atoms with van der Waals surface area (Å²) in [6.07, 6.45) is -1.63. The molecule has 2 atom stereocenters. The minimum absolute atomic E-state index is 0.0161. The van der Waals surface area contributed by atoms with Crippen molar-refractivity contribution >= 4 is 17.0 Å². The van der Waals surface area contributed by atoms with E-state index in [1.165, 1.54) is 23.5 Å². The quantitative estimate of drug-likeness (QED) is 0.532. The van der Waals surface area contributed by atoms with Crippen LogP contribution in [0, 0.1) is 17.0 Å². The van der Waals surface area contributed by atoms with E-state index in [0.29, 0.717) is 10.4 Å². The highest BCUT2D eigenvalue weighted by atomic mass is 32.1. The van der Waals surface area contributed by atoms with E-state index >= 15 is 0 Å². The molecular formula is C19H17NO4S. The van der Waals surface area contributed by atoms with Gasteiger partial charge in [0.05, 0.1) is 4.92 Å². The SMILES string of the molecule is Cc1ccc(C(O)c2ccc(C(O)c3ccc([N+](=O)[O-])cc3)s2)cc1. The normalized spacial score (nSPS) is 13.4. The summed E-state index contributed by atoms with van der Waals surface area (Å²) in [6.45, 7) is 1.99. The van der Waals surface area contributed by atoms with Gasteiger partial charge in [0.2, 0.25) is 0 Å². The Bertz CT molecular complexity index is 871. The third-order valence-electron chi connectivity index (χ3n) is 4.00. The van der Waals surface area contributed by atoms with Crippen molar-refractivity contribution in [3.8, 4) is 0 Å². The molecule has 0 bridgehead atoms. The lowest BCUT2D eigenvalue weighted by molar-refractivity contribution is -0.384. The first-order valence-corrected chi connectivity index (χ1v) is 8.54. The fourth-order valence-electron chi connectivity index (χ4n) is 2.52. The van der Waals surface area contributed by atoms with Gasteiger partial charge in [-0.15, -0.1) is 11.3 Å². The van der Waals surface area contributed by atoms with Crippen molar-refractivity contribution in [3.63, 3.8) is 0 Å². The second kappa shape index (κ2) is 7.14. The van der Waals surface area contributed by atoms with Crippen LogP contribution >= 0.6 is 11.3 Å². The lowest BCUT2D eigenvalue weighted by Crippen LogP contribution is -1.98. The molecule has 0 radical (unpaired) electrons. The van der Waals surface area contributed by atoms with E-state index in [1.807, 2.05) is 31.2 Å². The highest BCUT2D eigenvalue weighted by molar-refractivity contribution is 7.12. The molecule has 0 amide bonds. The van der Waals surface area contributed by atoms with Crippen LogP contribution in [0.4, 0.5) is 5.69 Å². The van der Waals surface area contributed by atoms with E-state index in [-0.39, 0.29) is 5.69 Å². The van der Waals surface area contributed by atoms with Crippen molar-refractivity contribution in [2.24, 2.45) is 0 Å². The summed E-state index contributed by atoms with van der Waals surface area (Å²) in [6, 6.07) is 17.0. The first-order valence-electron chi connectivity index (χ1n) is 7.72. The average molecular weight is 355 g/mol. The van der Waals surface area contributed by atoms with Crippen molar-refractivity contribution in [2.45, 2.75) is 19.1 Å². The number of non-ortho nitro benzene ring substituents is 1. The number of nitrogens with zero attached hydrogens (tertiary/aromatic N) is 1. The molecule has 3 rings (SSSR count). The average Bonchev–Trinajstić information content (AvgIpc) is 3.11. The number of nitro groups is 1. The van der Waals surface area contributed by atoms with E-state index < -0.39 is 17.1 Å². The predicted octanol–water partition coefficient (Wildman–Crippen LogP) is 4.13. The van der Waals surface area contributed by atoms with E-state index in [9.17, 15) is 20.3 Å². The molecule has 0 aliphatic carbocycles. The van der Waals surface area contributed by atoms with Gasteiger partial charge in [0.1, 0.15) is 12.2 Å². The highest BCUT2D eigenvalue weighted by Crippen LogP contribution is 2.34. The molecule has 25 heavy (non-hydrogen) atoms. The Hall–Kier alpha value is -2.54. The third kappa shape index (κ3) is 3.76. The zero-order chi connectivity index (χ0) is 18.0. The molecule has 6 heteroatoms. The van der Waals surface area contributed by atoms with Gasteiger partial charge in [-0.1, -0.05) is 29.8 Å². The number of rotatable bonds is 5. The third-order valence-corrected chi connectivity index (χ3v) is 5.19. The number of benzene rings is 2. The number of nitro benzene ring substituents is 1. The second-order valence-electron chi connectivity index (χ2n) is 5.80. The van der Waals surface area contributed by atoms with Crippen molar-refractivity contribution in [3.05, 3.63) is 97.2 Å². The maximum absolute atomic E-state index is 10.7. The number of hydrogen-bond acceptors (Lipinski definition) is 5. The van der Waals surface area contributed by atoms with Gasteiger partial charge < -0.3 is 10.2 Å². The Balaban J connectivity index is 1.80. The van der Waals surface area contributed by atoms with E-state index in [2.05, 4.69) is 0 Å². The molecule has 0 saturated carbocycles. The van der Waals surface area contributed by atoms with Crippen LogP contribution in [0.25, 0.3) is 0 Å². The Morgan fingerprint density at radius 1 is 0.840 bits per heavy atom. The van der Waals surface area contributed by atoms with Crippen LogP contribution in [0.2, 0.25) is 0 Å². The monoisotopic (exact) mass is 355 g/mol. The number of aryl methyl sites for hydroxylation is 1. The summed E-state index contributed by atoms with van der Waals surface area (Å²) in [7, 11) is 0. The largest absolute Gasteiger partial charge is 0.383 e. The van der Waals surface area contributed by atoms with Crippen molar-refractivity contribution in [2.75, 3.05) is 0 Å². The standard InChI is InChI=1S/C19H17NO4S/c1-12-2-4-13(5-3-12)18(21)16-10-11-17(25-16)19(22)14-6-8-15(9-7-14)20(23)24/h2-11,18-19,21-22H,1H3. The fourth-order valence-corrected chi connectivity index (χ4v) is 3.56. The molecule has 0 saturated heterocycles. The number of aliphatic hydroxyl groups is 2. The molecule has 3 aromatic rings. The molecule has 0 spiro atoms. The van der Waals surface area contributed by atoms with E-state index in [1.54, 1.807) is 24.3 Å². The summed E-state index contributed by atoms with van der Waals surface area (Å²) in [5.74, 6) is 0. The van der Waals surface area contributed by atoms with Crippen LogP contribution < -0.4 is 0 Å². The zero-order valence-electron chi connectivity index (χ0n) is 13.5. The van der Waals surface area contributed by atoms with Crippen LogP contribution in [0.15, 0.2) is 60.7 Å². The lowest BCUT2D eigenvalue weighted by atomic mass is 10.1. The molecule has 2 N–H and O–H groups in total.